The van der Waals surface area contributed by atoms with E-state index in [0.29, 0.717) is 32.3 Å². The van der Waals surface area contributed by atoms with Crippen molar-refractivity contribution in [1.82, 2.24) is 14.3 Å². The fraction of sp³-hybridized carbons (Fsp3) is 0.714. The van der Waals surface area contributed by atoms with Gasteiger partial charge >= 0.3 is 0 Å². The first-order valence-corrected chi connectivity index (χ1v) is 9.16. The van der Waals surface area contributed by atoms with E-state index >= 15 is 0 Å². The van der Waals surface area contributed by atoms with Crippen molar-refractivity contribution in [3.63, 3.8) is 0 Å². The number of nitrogens with zero attached hydrogens (tertiary/aromatic N) is 4. The average Bonchev–Trinajstić information content (AvgIpc) is 2.85. The molecule has 0 amide bonds. The van der Waals surface area contributed by atoms with E-state index in [1.54, 1.807) is 0 Å². The van der Waals surface area contributed by atoms with Gasteiger partial charge in [0.15, 0.2) is 0 Å². The van der Waals surface area contributed by atoms with E-state index in [0.717, 1.165) is 23.4 Å². The number of ether oxygens (including phenoxy) is 1. The van der Waals surface area contributed by atoms with Crippen LogP contribution in [0.15, 0.2) is 0 Å². The monoisotopic (exact) mass is 326 g/mol. The lowest BCUT2D eigenvalue weighted by atomic mass is 9.80. The van der Waals surface area contributed by atoms with Crippen LogP contribution in [0.2, 0.25) is 0 Å². The summed E-state index contributed by atoms with van der Waals surface area (Å²) in [6, 6.07) is 0. The van der Waals surface area contributed by atoms with E-state index in [1.807, 2.05) is 25.9 Å². The Hall–Kier alpha value is -1.25. The summed E-state index contributed by atoms with van der Waals surface area (Å²) >= 11 is 0. The van der Waals surface area contributed by atoms with Crippen molar-refractivity contribution in [2.75, 3.05) is 44.9 Å². The molecule has 0 aromatic carbocycles. The van der Waals surface area contributed by atoms with Gasteiger partial charge in [-0.2, -0.15) is 0 Å². The van der Waals surface area contributed by atoms with Gasteiger partial charge < -0.3 is 9.64 Å². The highest BCUT2D eigenvalue weighted by Crippen LogP contribution is 2.40. The number of sulfonamides is 1. The predicted molar refractivity (Wildman–Crippen MR) is 83.5 cm³/mol. The lowest BCUT2D eigenvalue weighted by Crippen LogP contribution is -2.42. The maximum Gasteiger partial charge on any atom is 0.225 e. The van der Waals surface area contributed by atoms with Crippen molar-refractivity contribution in [2.45, 2.75) is 25.4 Å². The molecule has 3 heterocycles. The zero-order valence-corrected chi connectivity index (χ0v) is 14.3. The first-order chi connectivity index (χ1) is 10.2. The second-order valence-electron chi connectivity index (χ2n) is 6.45. The van der Waals surface area contributed by atoms with E-state index in [9.17, 15) is 8.42 Å². The summed E-state index contributed by atoms with van der Waals surface area (Å²) in [6.07, 6.45) is 1.99. The Kier molecular flexibility index (Phi) is 3.65. The summed E-state index contributed by atoms with van der Waals surface area (Å²) in [4.78, 5) is 11.1. The largest absolute Gasteiger partial charge is 0.376 e. The van der Waals surface area contributed by atoms with Crippen molar-refractivity contribution in [3.8, 4) is 0 Å². The molecule has 0 aliphatic carbocycles. The number of hydrogen-bond acceptors (Lipinski definition) is 6. The first-order valence-electron chi connectivity index (χ1n) is 7.31. The number of aryl methyl sites for hydroxylation is 1. The third kappa shape index (κ3) is 2.49. The molecule has 1 unspecified atom stereocenters. The zero-order valence-electron chi connectivity index (χ0n) is 13.5. The Morgan fingerprint density at radius 1 is 1.32 bits per heavy atom. The summed E-state index contributed by atoms with van der Waals surface area (Å²) < 4.78 is 31.0. The Morgan fingerprint density at radius 3 is 2.64 bits per heavy atom. The summed E-state index contributed by atoms with van der Waals surface area (Å²) in [7, 11) is 0.622. The lowest BCUT2D eigenvalue weighted by molar-refractivity contribution is 0.0527. The van der Waals surface area contributed by atoms with Crippen LogP contribution in [0.4, 0.5) is 5.95 Å². The van der Waals surface area contributed by atoms with Crippen LogP contribution >= 0.6 is 0 Å². The molecular formula is C14H22N4O3S. The Bertz CT molecular complexity index is 704. The molecule has 22 heavy (non-hydrogen) atoms. The van der Waals surface area contributed by atoms with Gasteiger partial charge in [0.05, 0.1) is 30.6 Å². The van der Waals surface area contributed by atoms with E-state index in [2.05, 4.69) is 4.98 Å². The smallest absolute Gasteiger partial charge is 0.225 e. The van der Waals surface area contributed by atoms with E-state index in [-0.39, 0.29) is 5.41 Å². The minimum Gasteiger partial charge on any atom is -0.376 e. The molecule has 7 nitrogen and oxygen atoms in total. The quantitative estimate of drug-likeness (QED) is 0.777. The van der Waals surface area contributed by atoms with Crippen LogP contribution in [0.3, 0.4) is 0 Å². The number of fused-ring (bicyclic) bond motifs is 2. The standard InChI is InChI=1S/C14H22N4O3S/c1-10-11-7-21-9-14(5-6-18(8-14)22(4,19)20)12(11)16-13(15-10)17(2)3/h5-9H2,1-4H3. The molecule has 0 bridgehead atoms. The third-order valence-corrected chi connectivity index (χ3v) is 5.77. The Balaban J connectivity index is 2.08. The molecule has 0 saturated carbocycles. The molecule has 1 spiro atoms. The molecule has 0 N–H and O–H groups in total. The molecule has 1 aromatic heterocycles. The Morgan fingerprint density at radius 2 is 2.05 bits per heavy atom. The minimum absolute atomic E-state index is 0.352. The highest BCUT2D eigenvalue weighted by molar-refractivity contribution is 7.88. The normalized spacial score (nSPS) is 25.5. The lowest BCUT2D eigenvalue weighted by Gasteiger charge is -2.35. The number of aromatic nitrogens is 2. The van der Waals surface area contributed by atoms with Gasteiger partial charge in [-0.3, -0.25) is 0 Å². The van der Waals surface area contributed by atoms with Crippen LogP contribution in [0.1, 0.15) is 23.4 Å². The molecule has 1 fully saturated rings. The molecule has 3 rings (SSSR count). The van der Waals surface area contributed by atoms with Crippen LogP contribution in [-0.4, -0.2) is 62.7 Å². The number of rotatable bonds is 2. The van der Waals surface area contributed by atoms with Gasteiger partial charge in [0, 0.05) is 38.4 Å². The third-order valence-electron chi connectivity index (χ3n) is 4.52. The fourth-order valence-electron chi connectivity index (χ4n) is 3.24. The maximum absolute atomic E-state index is 11.9. The molecule has 2 aliphatic heterocycles. The summed E-state index contributed by atoms with van der Waals surface area (Å²) in [5, 5.41) is 0. The number of hydrogen-bond donors (Lipinski definition) is 0. The SMILES string of the molecule is Cc1nc(N(C)C)nc2c1COCC21CCN(S(C)(=O)=O)C1. The van der Waals surface area contributed by atoms with E-state index in [1.165, 1.54) is 10.6 Å². The zero-order chi connectivity index (χ0) is 16.1. The van der Waals surface area contributed by atoms with E-state index < -0.39 is 10.0 Å². The van der Waals surface area contributed by atoms with Crippen LogP contribution in [-0.2, 0) is 26.8 Å². The fourth-order valence-corrected chi connectivity index (χ4v) is 4.14. The van der Waals surface area contributed by atoms with Gasteiger partial charge in [0.1, 0.15) is 0 Å². The molecular weight excluding hydrogens is 304 g/mol. The van der Waals surface area contributed by atoms with Crippen LogP contribution in [0, 0.1) is 6.92 Å². The number of anilines is 1. The molecule has 1 atom stereocenters. The highest BCUT2D eigenvalue weighted by Gasteiger charge is 2.47. The molecule has 122 valence electrons. The molecule has 8 heteroatoms. The van der Waals surface area contributed by atoms with Crippen molar-refractivity contribution in [3.05, 3.63) is 17.0 Å². The minimum atomic E-state index is -3.19. The van der Waals surface area contributed by atoms with Crippen molar-refractivity contribution in [1.29, 1.82) is 0 Å². The van der Waals surface area contributed by atoms with Crippen LogP contribution in [0.25, 0.3) is 0 Å². The molecule has 1 saturated heterocycles. The van der Waals surface area contributed by atoms with E-state index in [4.69, 9.17) is 9.72 Å². The molecule has 1 aromatic rings. The highest BCUT2D eigenvalue weighted by atomic mass is 32.2. The van der Waals surface area contributed by atoms with Gasteiger partial charge in [-0.1, -0.05) is 0 Å². The van der Waals surface area contributed by atoms with Gasteiger partial charge in [-0.25, -0.2) is 22.7 Å². The average molecular weight is 326 g/mol. The summed E-state index contributed by atoms with van der Waals surface area (Å²) in [5.74, 6) is 0.662. The second kappa shape index (κ2) is 5.14. The topological polar surface area (TPSA) is 75.6 Å². The van der Waals surface area contributed by atoms with Gasteiger partial charge in [-0.15, -0.1) is 0 Å². The van der Waals surface area contributed by atoms with Crippen molar-refractivity contribution < 1.29 is 13.2 Å². The molecule has 2 aliphatic rings. The first kappa shape index (κ1) is 15.6. The molecule has 0 radical (unpaired) electrons. The van der Waals surface area contributed by atoms with Gasteiger partial charge in [-0.05, 0) is 13.3 Å². The summed E-state index contributed by atoms with van der Waals surface area (Å²) in [5.41, 5.74) is 2.52. The van der Waals surface area contributed by atoms with Crippen LogP contribution in [0.5, 0.6) is 0 Å². The predicted octanol–water partition coefficient (Wildman–Crippen LogP) is 0.284. The Labute approximate surface area is 131 Å². The second-order valence-corrected chi connectivity index (χ2v) is 8.43. The van der Waals surface area contributed by atoms with Gasteiger partial charge in [0.2, 0.25) is 16.0 Å². The van der Waals surface area contributed by atoms with Crippen molar-refractivity contribution in [2.24, 2.45) is 0 Å². The summed E-state index contributed by atoms with van der Waals surface area (Å²) in [6.45, 7) is 3.91. The van der Waals surface area contributed by atoms with Gasteiger partial charge in [0.25, 0.3) is 0 Å². The van der Waals surface area contributed by atoms with Crippen LogP contribution < -0.4 is 4.90 Å². The maximum atomic E-state index is 11.9. The van der Waals surface area contributed by atoms with Crippen molar-refractivity contribution >= 4 is 16.0 Å².